The second-order valence-corrected chi connectivity index (χ2v) is 10.9. The molecular weight excluding hydrogens is 543 g/mol. The maximum absolute atomic E-state index is 15.4. The molecule has 1 aliphatic rings. The minimum atomic E-state index is -1.09. The lowest BCUT2D eigenvalue weighted by Crippen LogP contribution is -2.35. The Morgan fingerprint density at radius 3 is 2.46 bits per heavy atom. The predicted octanol–water partition coefficient (Wildman–Crippen LogP) is 5.82. The van der Waals surface area contributed by atoms with Gasteiger partial charge in [0.15, 0.2) is 5.13 Å². The summed E-state index contributed by atoms with van der Waals surface area (Å²) in [6.07, 6.45) is 3.88. The highest BCUT2D eigenvalue weighted by Gasteiger charge is 2.29. The van der Waals surface area contributed by atoms with Gasteiger partial charge in [0.1, 0.15) is 11.5 Å². The molecule has 2 aromatic carbocycles. The Kier molecular flexibility index (Phi) is 8.49. The van der Waals surface area contributed by atoms with E-state index in [0.717, 1.165) is 35.3 Å². The Morgan fingerprint density at radius 1 is 1.05 bits per heavy atom. The highest BCUT2D eigenvalue weighted by Crippen LogP contribution is 2.37. The summed E-state index contributed by atoms with van der Waals surface area (Å²) in [6, 6.07) is 20.0. The predicted molar refractivity (Wildman–Crippen MR) is 156 cm³/mol. The second-order valence-electron chi connectivity index (χ2n) is 9.95. The second kappa shape index (κ2) is 12.4. The van der Waals surface area contributed by atoms with Gasteiger partial charge in [-0.3, -0.25) is 24.2 Å². The zero-order valence-corrected chi connectivity index (χ0v) is 23.3. The molecule has 1 aliphatic heterocycles. The van der Waals surface area contributed by atoms with Crippen molar-refractivity contribution < 1.29 is 23.9 Å². The molecule has 0 spiro atoms. The maximum atomic E-state index is 15.4. The summed E-state index contributed by atoms with van der Waals surface area (Å²) >= 11 is 0.734. The van der Waals surface area contributed by atoms with E-state index in [1.54, 1.807) is 29.3 Å². The highest BCUT2D eigenvalue weighted by atomic mass is 32.1. The number of carboxylic acid groups (broad SMARTS) is 1. The van der Waals surface area contributed by atoms with Gasteiger partial charge in [0.2, 0.25) is 16.9 Å². The van der Waals surface area contributed by atoms with Crippen molar-refractivity contribution in [2.45, 2.75) is 32.1 Å². The normalized spacial score (nSPS) is 14.1. The van der Waals surface area contributed by atoms with E-state index in [1.807, 2.05) is 48.5 Å². The van der Waals surface area contributed by atoms with E-state index in [4.69, 9.17) is 0 Å². The number of hydrogen-bond acceptors (Lipinski definition) is 6. The molecule has 2 amide bonds. The average Bonchev–Trinajstić information content (AvgIpc) is 3.38. The van der Waals surface area contributed by atoms with Crippen LogP contribution in [0.5, 0.6) is 0 Å². The molecule has 41 heavy (non-hydrogen) atoms. The largest absolute Gasteiger partial charge is 0.481 e. The number of anilines is 2. The standard InChI is InChI=1S/C31H29FN4O4S/c1-35(30(40)22(18-27(38)39)17-20-9-3-2-4-10-20)31-34-28(29(32)41-31)24-12-6-5-11-23(24)21-14-15-25(33-19-21)36-16-8-7-13-26(36)37/h2-6,9-12,14-15,19,22H,7-8,13,16-18H2,1H3,(H,38,39). The first-order chi connectivity index (χ1) is 19.8. The van der Waals surface area contributed by atoms with E-state index in [2.05, 4.69) is 9.97 Å². The smallest absolute Gasteiger partial charge is 0.304 e. The summed E-state index contributed by atoms with van der Waals surface area (Å²) in [6.45, 7) is 0.638. The molecule has 0 aliphatic carbocycles. The Labute approximate surface area is 241 Å². The first kappa shape index (κ1) is 28.1. The van der Waals surface area contributed by atoms with Crippen LogP contribution in [0.15, 0.2) is 72.9 Å². The lowest BCUT2D eigenvalue weighted by Gasteiger charge is -2.25. The molecule has 5 rings (SSSR count). The molecule has 1 atom stereocenters. The molecule has 0 radical (unpaired) electrons. The monoisotopic (exact) mass is 572 g/mol. The van der Waals surface area contributed by atoms with Crippen LogP contribution in [0.1, 0.15) is 31.2 Å². The number of halogens is 1. The third kappa shape index (κ3) is 6.33. The van der Waals surface area contributed by atoms with E-state index in [-0.39, 0.29) is 29.6 Å². The Balaban J connectivity index is 1.41. The third-order valence-electron chi connectivity index (χ3n) is 7.13. The lowest BCUT2D eigenvalue weighted by atomic mass is 9.95. The van der Waals surface area contributed by atoms with Gasteiger partial charge in [-0.2, -0.15) is 4.39 Å². The maximum Gasteiger partial charge on any atom is 0.304 e. The average molecular weight is 573 g/mol. The SMILES string of the molecule is CN(C(=O)C(CC(=O)O)Cc1ccccc1)c1nc(-c2ccccc2-c2ccc(N3CCCCC3=O)nc2)c(F)s1. The Bertz CT molecular complexity index is 1560. The number of hydrogen-bond donors (Lipinski definition) is 1. The number of carbonyl (C=O) groups is 3. The van der Waals surface area contributed by atoms with Crippen LogP contribution in [-0.4, -0.2) is 46.5 Å². The van der Waals surface area contributed by atoms with Gasteiger partial charge in [0, 0.05) is 37.3 Å². The van der Waals surface area contributed by atoms with Gasteiger partial charge in [-0.25, -0.2) is 9.97 Å². The molecule has 1 unspecified atom stereocenters. The van der Waals surface area contributed by atoms with E-state index in [9.17, 15) is 19.5 Å². The number of thiazole rings is 1. The van der Waals surface area contributed by atoms with Crippen LogP contribution in [0.3, 0.4) is 0 Å². The Hall–Kier alpha value is -4.44. The molecule has 1 N–H and O–H groups in total. The molecule has 4 aromatic rings. The van der Waals surface area contributed by atoms with Crippen molar-refractivity contribution in [3.63, 3.8) is 0 Å². The first-order valence-electron chi connectivity index (χ1n) is 13.4. The highest BCUT2D eigenvalue weighted by molar-refractivity contribution is 7.14. The first-order valence-corrected chi connectivity index (χ1v) is 14.2. The number of aliphatic carboxylic acids is 1. The summed E-state index contributed by atoms with van der Waals surface area (Å²) in [5.41, 5.74) is 2.90. The summed E-state index contributed by atoms with van der Waals surface area (Å²) in [7, 11) is 1.49. The van der Waals surface area contributed by atoms with E-state index in [0.29, 0.717) is 29.9 Å². The molecule has 1 fully saturated rings. The number of carboxylic acids is 1. The van der Waals surface area contributed by atoms with Gasteiger partial charge in [-0.05, 0) is 42.5 Å². The number of piperidine rings is 1. The molecular formula is C31H29FN4O4S. The summed E-state index contributed by atoms with van der Waals surface area (Å²) in [4.78, 5) is 49.1. The van der Waals surface area contributed by atoms with Crippen LogP contribution in [0.2, 0.25) is 0 Å². The number of benzene rings is 2. The summed E-state index contributed by atoms with van der Waals surface area (Å²) in [5.74, 6) is -1.72. The van der Waals surface area contributed by atoms with E-state index < -0.39 is 22.9 Å². The van der Waals surface area contributed by atoms with Gasteiger partial charge in [-0.15, -0.1) is 0 Å². The summed E-state index contributed by atoms with van der Waals surface area (Å²) < 4.78 is 15.4. The number of amides is 2. The third-order valence-corrected chi connectivity index (χ3v) is 8.05. The van der Waals surface area contributed by atoms with Crippen LogP contribution in [0, 0.1) is 11.0 Å². The van der Waals surface area contributed by atoms with Crippen LogP contribution >= 0.6 is 11.3 Å². The van der Waals surface area contributed by atoms with Crippen molar-refractivity contribution in [3.05, 3.63) is 83.6 Å². The fourth-order valence-corrected chi connectivity index (χ4v) is 5.80. The molecule has 2 aromatic heterocycles. The van der Waals surface area contributed by atoms with Crippen molar-refractivity contribution in [3.8, 4) is 22.4 Å². The molecule has 8 nitrogen and oxygen atoms in total. The zero-order chi connectivity index (χ0) is 28.9. The van der Waals surface area contributed by atoms with Crippen molar-refractivity contribution in [2.75, 3.05) is 23.4 Å². The van der Waals surface area contributed by atoms with Crippen molar-refractivity contribution in [1.29, 1.82) is 0 Å². The van der Waals surface area contributed by atoms with Crippen LogP contribution in [0.4, 0.5) is 15.3 Å². The molecule has 0 bridgehead atoms. The van der Waals surface area contributed by atoms with Gasteiger partial charge in [-0.1, -0.05) is 65.9 Å². The number of rotatable bonds is 9. The molecule has 0 saturated carbocycles. The Morgan fingerprint density at radius 2 is 1.78 bits per heavy atom. The zero-order valence-electron chi connectivity index (χ0n) is 22.5. The molecule has 3 heterocycles. The van der Waals surface area contributed by atoms with E-state index in [1.165, 1.54) is 11.9 Å². The fourth-order valence-electron chi connectivity index (χ4n) is 5.02. The van der Waals surface area contributed by atoms with Crippen LogP contribution in [0.25, 0.3) is 22.4 Å². The van der Waals surface area contributed by atoms with Gasteiger partial charge < -0.3 is 5.11 Å². The minimum Gasteiger partial charge on any atom is -0.481 e. The van der Waals surface area contributed by atoms with Gasteiger partial charge in [0.25, 0.3) is 0 Å². The van der Waals surface area contributed by atoms with Crippen LogP contribution < -0.4 is 9.80 Å². The molecule has 210 valence electrons. The fraction of sp³-hybridized carbons (Fsp3) is 0.258. The van der Waals surface area contributed by atoms with Crippen molar-refractivity contribution >= 4 is 40.1 Å². The van der Waals surface area contributed by atoms with Gasteiger partial charge >= 0.3 is 5.97 Å². The molecule has 10 heteroatoms. The number of nitrogens with zero attached hydrogens (tertiary/aromatic N) is 4. The summed E-state index contributed by atoms with van der Waals surface area (Å²) in [5, 5.41) is 9.01. The van der Waals surface area contributed by atoms with Crippen molar-refractivity contribution in [2.24, 2.45) is 5.92 Å². The van der Waals surface area contributed by atoms with Crippen molar-refractivity contribution in [1.82, 2.24) is 9.97 Å². The number of pyridine rings is 1. The lowest BCUT2D eigenvalue weighted by molar-refractivity contribution is -0.140. The van der Waals surface area contributed by atoms with E-state index >= 15 is 4.39 Å². The van der Waals surface area contributed by atoms with Gasteiger partial charge in [0.05, 0.1) is 12.3 Å². The van der Waals surface area contributed by atoms with Crippen LogP contribution in [-0.2, 0) is 20.8 Å². The topological polar surface area (TPSA) is 104 Å². The minimum absolute atomic E-state index is 0.0574. The quantitative estimate of drug-likeness (QED) is 0.271. The molecule has 1 saturated heterocycles. The number of carbonyl (C=O) groups excluding carboxylic acids is 2. The number of aromatic nitrogens is 2.